The van der Waals surface area contributed by atoms with Crippen LogP contribution in [0.4, 0.5) is 0 Å². The van der Waals surface area contributed by atoms with Gasteiger partial charge >= 0.3 is 0 Å². The Morgan fingerprint density at radius 2 is 1.72 bits per heavy atom. The number of fused-ring (bicyclic) bond motifs is 1. The van der Waals surface area contributed by atoms with Gasteiger partial charge in [0.05, 0.1) is 6.04 Å². The van der Waals surface area contributed by atoms with E-state index in [2.05, 4.69) is 26.0 Å². The number of dihydropyridines is 1. The van der Waals surface area contributed by atoms with Crippen molar-refractivity contribution >= 4 is 5.71 Å². The van der Waals surface area contributed by atoms with Gasteiger partial charge in [-0.25, -0.2) is 0 Å². The van der Waals surface area contributed by atoms with Crippen LogP contribution in [0, 0.1) is 11.8 Å². The summed E-state index contributed by atoms with van der Waals surface area (Å²) in [7, 11) is 0. The molecule has 0 N–H and O–H groups in total. The molecular weight excluding hydrogens is 218 g/mol. The van der Waals surface area contributed by atoms with Gasteiger partial charge in [-0.15, -0.1) is 0 Å². The smallest absolute Gasteiger partial charge is 0.0562 e. The van der Waals surface area contributed by atoms with Crippen molar-refractivity contribution in [2.45, 2.75) is 77.7 Å². The highest BCUT2D eigenvalue weighted by Crippen LogP contribution is 2.25. The van der Waals surface area contributed by atoms with Crippen LogP contribution in [0.15, 0.2) is 17.1 Å². The Bertz CT molecular complexity index is 303. The maximum absolute atomic E-state index is 5.01. The molecule has 0 radical (unpaired) electrons. The lowest BCUT2D eigenvalue weighted by molar-refractivity contribution is 0.407. The number of hydrogen-bond acceptors (Lipinski definition) is 1. The highest BCUT2D eigenvalue weighted by molar-refractivity contribution is 5.95. The van der Waals surface area contributed by atoms with Crippen LogP contribution < -0.4 is 0 Å². The van der Waals surface area contributed by atoms with E-state index in [1.165, 1.54) is 63.5 Å². The molecule has 3 atom stereocenters. The highest BCUT2D eigenvalue weighted by atomic mass is 14.8. The number of rotatable bonds is 0. The molecule has 0 aromatic heterocycles. The fraction of sp³-hybridized carbons (Fsp3) is 0.824. The zero-order valence-electron chi connectivity index (χ0n) is 12.2. The average Bonchev–Trinajstić information content (AvgIpc) is 2.37. The van der Waals surface area contributed by atoms with E-state index in [9.17, 15) is 0 Å². The van der Waals surface area contributed by atoms with Gasteiger partial charge in [0.25, 0.3) is 0 Å². The van der Waals surface area contributed by atoms with Crippen LogP contribution in [-0.2, 0) is 0 Å². The molecule has 102 valence electrons. The molecule has 1 heteroatoms. The second-order valence-electron chi connectivity index (χ2n) is 6.46. The Hall–Kier alpha value is -0.590. The van der Waals surface area contributed by atoms with Gasteiger partial charge in [-0.2, -0.15) is 0 Å². The summed E-state index contributed by atoms with van der Waals surface area (Å²) in [4.78, 5) is 5.01. The van der Waals surface area contributed by atoms with Crippen LogP contribution in [-0.4, -0.2) is 11.8 Å². The van der Waals surface area contributed by atoms with E-state index in [1.807, 2.05) is 0 Å². The Morgan fingerprint density at radius 3 is 2.56 bits per heavy atom. The van der Waals surface area contributed by atoms with E-state index in [4.69, 9.17) is 4.99 Å². The third-order valence-corrected chi connectivity index (χ3v) is 4.59. The molecule has 2 aliphatic rings. The average molecular weight is 247 g/mol. The summed E-state index contributed by atoms with van der Waals surface area (Å²) >= 11 is 0. The van der Waals surface area contributed by atoms with Crippen molar-refractivity contribution in [1.29, 1.82) is 0 Å². The molecule has 2 rings (SSSR count). The van der Waals surface area contributed by atoms with Crippen molar-refractivity contribution in [1.82, 2.24) is 0 Å². The van der Waals surface area contributed by atoms with Crippen molar-refractivity contribution in [3.8, 4) is 0 Å². The van der Waals surface area contributed by atoms with Gasteiger partial charge in [-0.3, -0.25) is 4.99 Å². The van der Waals surface area contributed by atoms with Gasteiger partial charge < -0.3 is 0 Å². The van der Waals surface area contributed by atoms with Crippen molar-refractivity contribution in [2.75, 3.05) is 0 Å². The van der Waals surface area contributed by atoms with Crippen LogP contribution in [0.1, 0.15) is 71.6 Å². The summed E-state index contributed by atoms with van der Waals surface area (Å²) in [6.07, 6.45) is 16.9. The molecular formula is C17H29N. The summed E-state index contributed by atoms with van der Waals surface area (Å²) in [5.74, 6) is 1.57. The maximum atomic E-state index is 5.01. The zero-order chi connectivity index (χ0) is 12.8. The number of hydrogen-bond donors (Lipinski definition) is 0. The number of allylic oxidation sites excluding steroid dienone is 1. The largest absolute Gasteiger partial charge is 0.286 e. The molecule has 2 aliphatic heterocycles. The van der Waals surface area contributed by atoms with E-state index in [0.29, 0.717) is 6.04 Å². The molecule has 2 bridgehead atoms. The van der Waals surface area contributed by atoms with Crippen LogP contribution in [0.25, 0.3) is 0 Å². The second kappa shape index (κ2) is 7.11. The Morgan fingerprint density at radius 1 is 1.00 bits per heavy atom. The lowest BCUT2D eigenvalue weighted by Crippen LogP contribution is -2.20. The lowest BCUT2D eigenvalue weighted by Gasteiger charge is -2.23. The van der Waals surface area contributed by atoms with Crippen molar-refractivity contribution < 1.29 is 0 Å². The minimum Gasteiger partial charge on any atom is -0.286 e. The molecule has 0 aliphatic carbocycles. The van der Waals surface area contributed by atoms with Crippen LogP contribution in [0.5, 0.6) is 0 Å². The van der Waals surface area contributed by atoms with Gasteiger partial charge in [0, 0.05) is 5.71 Å². The topological polar surface area (TPSA) is 12.4 Å². The lowest BCUT2D eigenvalue weighted by atomic mass is 9.91. The first-order chi connectivity index (χ1) is 8.75. The molecule has 0 aromatic rings. The quantitative estimate of drug-likeness (QED) is 0.560. The molecule has 2 unspecified atom stereocenters. The number of aliphatic imine (C=N–C) groups is 1. The van der Waals surface area contributed by atoms with Gasteiger partial charge in [0.2, 0.25) is 0 Å². The Kier molecular flexibility index (Phi) is 5.46. The zero-order valence-corrected chi connectivity index (χ0v) is 12.2. The predicted molar refractivity (Wildman–Crippen MR) is 80.2 cm³/mol. The molecule has 0 saturated heterocycles. The van der Waals surface area contributed by atoms with Gasteiger partial charge in [0.15, 0.2) is 0 Å². The predicted octanol–water partition coefficient (Wildman–Crippen LogP) is 5.16. The third kappa shape index (κ3) is 4.26. The second-order valence-corrected chi connectivity index (χ2v) is 6.46. The van der Waals surface area contributed by atoms with Crippen LogP contribution >= 0.6 is 0 Å². The summed E-state index contributed by atoms with van der Waals surface area (Å²) in [6, 6.07) is 0.568. The summed E-state index contributed by atoms with van der Waals surface area (Å²) in [5.41, 5.74) is 1.37. The van der Waals surface area contributed by atoms with E-state index in [1.54, 1.807) is 0 Å². The van der Waals surface area contributed by atoms with Crippen LogP contribution in [0.2, 0.25) is 0 Å². The molecule has 2 heterocycles. The van der Waals surface area contributed by atoms with E-state index in [-0.39, 0.29) is 0 Å². The van der Waals surface area contributed by atoms with E-state index >= 15 is 0 Å². The van der Waals surface area contributed by atoms with E-state index < -0.39 is 0 Å². The van der Waals surface area contributed by atoms with Crippen molar-refractivity contribution in [3.63, 3.8) is 0 Å². The minimum absolute atomic E-state index is 0.568. The molecule has 18 heavy (non-hydrogen) atoms. The Balaban J connectivity index is 2.00. The van der Waals surface area contributed by atoms with Gasteiger partial charge in [0.1, 0.15) is 0 Å². The molecule has 0 amide bonds. The fourth-order valence-electron chi connectivity index (χ4n) is 3.27. The summed E-state index contributed by atoms with van der Waals surface area (Å²) in [5, 5.41) is 0. The van der Waals surface area contributed by atoms with Crippen molar-refractivity contribution in [3.05, 3.63) is 12.2 Å². The monoisotopic (exact) mass is 247 g/mol. The van der Waals surface area contributed by atoms with Crippen molar-refractivity contribution in [2.24, 2.45) is 16.8 Å². The SMILES string of the molecule is CC1CCCCCCC[C@H](C)C2CC=CC(=N2)C1. The van der Waals surface area contributed by atoms with Gasteiger partial charge in [-0.1, -0.05) is 58.4 Å². The first-order valence-corrected chi connectivity index (χ1v) is 7.99. The maximum Gasteiger partial charge on any atom is 0.0562 e. The molecule has 0 aromatic carbocycles. The highest BCUT2D eigenvalue weighted by Gasteiger charge is 2.19. The molecule has 1 nitrogen and oxygen atoms in total. The normalized spacial score (nSPS) is 35.0. The molecule has 0 saturated carbocycles. The van der Waals surface area contributed by atoms with E-state index in [0.717, 1.165) is 11.8 Å². The summed E-state index contributed by atoms with van der Waals surface area (Å²) in [6.45, 7) is 4.79. The fourth-order valence-corrected chi connectivity index (χ4v) is 3.27. The minimum atomic E-state index is 0.568. The van der Waals surface area contributed by atoms with Crippen LogP contribution in [0.3, 0.4) is 0 Å². The first-order valence-electron chi connectivity index (χ1n) is 7.99. The first kappa shape index (κ1) is 13.8. The van der Waals surface area contributed by atoms with Gasteiger partial charge in [-0.05, 0) is 37.2 Å². The Labute approximate surface area is 113 Å². The number of nitrogens with zero attached hydrogens (tertiary/aromatic N) is 1. The summed E-state index contributed by atoms with van der Waals surface area (Å²) < 4.78 is 0. The standard InChI is InChI=1S/C17H29N/c1-14-9-6-4-3-5-7-10-15(2)17-12-8-11-16(13-14)18-17/h8,11,14-15,17H,3-7,9-10,12-13H2,1-2H3/t14?,15-,17?/m0/s1. The molecule has 0 fully saturated rings. The third-order valence-electron chi connectivity index (χ3n) is 4.59. The molecule has 0 spiro atoms.